The van der Waals surface area contributed by atoms with Gasteiger partial charge in [0.25, 0.3) is 0 Å². The molecule has 0 bridgehead atoms. The third-order valence-corrected chi connectivity index (χ3v) is 6.32. The predicted octanol–water partition coefficient (Wildman–Crippen LogP) is 6.85. The molecule has 0 saturated carbocycles. The van der Waals surface area contributed by atoms with Crippen LogP contribution in [0.4, 0.5) is 0 Å². The highest BCUT2D eigenvalue weighted by molar-refractivity contribution is 6.28. The summed E-state index contributed by atoms with van der Waals surface area (Å²) in [5.74, 6) is 0. The highest BCUT2D eigenvalue weighted by Gasteiger charge is 2.20. The number of benzene rings is 4. The molecule has 0 unspecified atom stereocenters. The molecule has 0 aliphatic rings. The molecule has 7 aromatic rings. The van der Waals surface area contributed by atoms with Gasteiger partial charge < -0.3 is 4.40 Å². The fourth-order valence-corrected chi connectivity index (χ4v) is 5.14. The molecule has 4 aromatic carbocycles. The first-order chi connectivity index (χ1) is 13.8. The molecule has 0 spiro atoms. The maximum Gasteiger partial charge on any atom is 0.0823 e. The number of pyridine rings is 2. The van der Waals surface area contributed by atoms with E-state index in [-0.39, 0.29) is 0 Å². The number of fused-ring (bicyclic) bond motifs is 7. The van der Waals surface area contributed by atoms with Crippen LogP contribution < -0.4 is 0 Å². The van der Waals surface area contributed by atoms with Gasteiger partial charge in [0.2, 0.25) is 0 Å². The van der Waals surface area contributed by atoms with Gasteiger partial charge in [-0.25, -0.2) is 0 Å². The number of nitrogens with zero attached hydrogens (tertiary/aromatic N) is 2. The van der Waals surface area contributed by atoms with Crippen LogP contribution in [0.5, 0.6) is 0 Å². The minimum absolute atomic E-state index is 1.10. The molecule has 0 N–H and O–H groups in total. The fraction of sp³-hybridized carbons (Fsp3) is 0.0385. The minimum atomic E-state index is 1.10. The maximum absolute atomic E-state index is 4.87. The zero-order valence-electron chi connectivity index (χ0n) is 15.4. The van der Waals surface area contributed by atoms with Crippen LogP contribution in [-0.2, 0) is 0 Å². The van der Waals surface area contributed by atoms with Gasteiger partial charge in [-0.15, -0.1) is 0 Å². The van der Waals surface area contributed by atoms with Crippen molar-refractivity contribution in [3.05, 3.63) is 84.6 Å². The summed E-state index contributed by atoms with van der Waals surface area (Å²) in [5, 5.41) is 8.91. The second kappa shape index (κ2) is 4.79. The molecular weight excluding hydrogens is 340 g/mol. The molecule has 0 atom stereocenters. The summed E-state index contributed by atoms with van der Waals surface area (Å²) in [7, 11) is 0. The minimum Gasteiger partial charge on any atom is -0.308 e. The predicted molar refractivity (Wildman–Crippen MR) is 119 cm³/mol. The number of para-hydroxylation sites is 1. The van der Waals surface area contributed by atoms with E-state index in [1.54, 1.807) is 0 Å². The Morgan fingerprint density at radius 3 is 2.43 bits per heavy atom. The number of rotatable bonds is 0. The Morgan fingerprint density at radius 2 is 1.50 bits per heavy atom. The van der Waals surface area contributed by atoms with E-state index in [0.29, 0.717) is 0 Å². The van der Waals surface area contributed by atoms with E-state index in [1.807, 2.05) is 6.20 Å². The van der Waals surface area contributed by atoms with Gasteiger partial charge in [-0.1, -0.05) is 54.6 Å². The Labute approximate surface area is 161 Å². The molecule has 3 aromatic heterocycles. The van der Waals surface area contributed by atoms with Gasteiger partial charge in [0.15, 0.2) is 0 Å². The number of aromatic nitrogens is 2. The van der Waals surface area contributed by atoms with Crippen LogP contribution in [0.15, 0.2) is 79.0 Å². The van der Waals surface area contributed by atoms with E-state index in [1.165, 1.54) is 59.8 Å². The first-order valence-corrected chi connectivity index (χ1v) is 9.67. The molecule has 0 fully saturated rings. The summed E-state index contributed by atoms with van der Waals surface area (Å²) < 4.78 is 2.47. The van der Waals surface area contributed by atoms with Crippen LogP contribution >= 0.6 is 0 Å². The second-order valence-corrected chi connectivity index (χ2v) is 7.69. The van der Waals surface area contributed by atoms with E-state index >= 15 is 0 Å². The van der Waals surface area contributed by atoms with Gasteiger partial charge >= 0.3 is 0 Å². The van der Waals surface area contributed by atoms with E-state index in [9.17, 15) is 0 Å². The van der Waals surface area contributed by atoms with Gasteiger partial charge in [0, 0.05) is 27.7 Å². The monoisotopic (exact) mass is 356 g/mol. The zero-order valence-corrected chi connectivity index (χ0v) is 15.4. The maximum atomic E-state index is 4.87. The standard InChI is InChI=1S/C26H16N2/c1-15-18-7-3-2-6-17(18)14-21-24-23-16(12-13-27-24)10-11-20-19-8-4-5-9-22(19)28(25(15)21)26(20)23/h2-14H,1H3. The van der Waals surface area contributed by atoms with Crippen LogP contribution in [0, 0.1) is 6.92 Å². The summed E-state index contributed by atoms with van der Waals surface area (Å²) in [6.07, 6.45) is 1.94. The van der Waals surface area contributed by atoms with Gasteiger partial charge in [0.05, 0.1) is 22.1 Å². The largest absolute Gasteiger partial charge is 0.308 e. The Morgan fingerprint density at radius 1 is 0.679 bits per heavy atom. The zero-order chi connectivity index (χ0) is 18.4. The fourth-order valence-electron chi connectivity index (χ4n) is 5.14. The summed E-state index contributed by atoms with van der Waals surface area (Å²) in [6, 6.07) is 26.3. The first kappa shape index (κ1) is 14.4. The summed E-state index contributed by atoms with van der Waals surface area (Å²) in [6.45, 7) is 2.25. The third-order valence-electron chi connectivity index (χ3n) is 6.32. The van der Waals surface area contributed by atoms with Crippen LogP contribution in [0.2, 0.25) is 0 Å². The smallest absolute Gasteiger partial charge is 0.0823 e. The van der Waals surface area contributed by atoms with Gasteiger partial charge in [0.1, 0.15) is 0 Å². The molecule has 0 saturated heterocycles. The van der Waals surface area contributed by atoms with Crippen LogP contribution in [0.3, 0.4) is 0 Å². The molecule has 0 radical (unpaired) electrons. The average molecular weight is 356 g/mol. The van der Waals surface area contributed by atoms with Crippen molar-refractivity contribution in [1.82, 2.24) is 9.38 Å². The molecule has 2 nitrogen and oxygen atoms in total. The Bertz CT molecular complexity index is 1720. The molecule has 7 rings (SSSR count). The lowest BCUT2D eigenvalue weighted by molar-refractivity contribution is 1.32. The lowest BCUT2D eigenvalue weighted by atomic mass is 9.97. The SMILES string of the molecule is Cc1c2ccccc2cc2c3nccc4ccc5c6ccccc6n(c12)c5c43. The lowest BCUT2D eigenvalue weighted by Crippen LogP contribution is -1.96. The Kier molecular flexibility index (Phi) is 2.47. The van der Waals surface area contributed by atoms with Gasteiger partial charge in [-0.2, -0.15) is 0 Å². The van der Waals surface area contributed by atoms with E-state index < -0.39 is 0 Å². The Hall–Kier alpha value is -3.65. The van der Waals surface area contributed by atoms with Crippen LogP contribution in [0.25, 0.3) is 59.8 Å². The van der Waals surface area contributed by atoms with Crippen LogP contribution in [-0.4, -0.2) is 9.38 Å². The highest BCUT2D eigenvalue weighted by Crippen LogP contribution is 2.42. The number of hydrogen-bond acceptors (Lipinski definition) is 1. The molecule has 0 amide bonds. The van der Waals surface area contributed by atoms with Crippen molar-refractivity contribution < 1.29 is 0 Å². The van der Waals surface area contributed by atoms with Crippen molar-refractivity contribution in [2.45, 2.75) is 6.92 Å². The molecular formula is C26H16N2. The van der Waals surface area contributed by atoms with E-state index in [2.05, 4.69) is 84.1 Å². The Balaban J connectivity index is 1.98. The molecule has 28 heavy (non-hydrogen) atoms. The summed E-state index contributed by atoms with van der Waals surface area (Å²) in [4.78, 5) is 4.87. The molecule has 0 aliphatic heterocycles. The second-order valence-electron chi connectivity index (χ2n) is 7.69. The topological polar surface area (TPSA) is 17.3 Å². The first-order valence-electron chi connectivity index (χ1n) is 9.67. The molecule has 130 valence electrons. The highest BCUT2D eigenvalue weighted by atomic mass is 14.9. The lowest BCUT2D eigenvalue weighted by Gasteiger charge is -2.15. The molecule has 3 heterocycles. The van der Waals surface area contributed by atoms with E-state index in [0.717, 1.165) is 5.52 Å². The normalized spacial score (nSPS) is 12.5. The summed E-state index contributed by atoms with van der Waals surface area (Å²) >= 11 is 0. The quantitative estimate of drug-likeness (QED) is 0.215. The van der Waals surface area contributed by atoms with E-state index in [4.69, 9.17) is 4.98 Å². The van der Waals surface area contributed by atoms with Crippen molar-refractivity contribution in [3.63, 3.8) is 0 Å². The average Bonchev–Trinajstić information content (AvgIpc) is 3.08. The van der Waals surface area contributed by atoms with Crippen molar-refractivity contribution in [2.24, 2.45) is 0 Å². The van der Waals surface area contributed by atoms with Gasteiger partial charge in [-0.3, -0.25) is 4.98 Å². The summed E-state index contributed by atoms with van der Waals surface area (Å²) in [5.41, 5.74) is 6.22. The van der Waals surface area contributed by atoms with Crippen LogP contribution in [0.1, 0.15) is 5.56 Å². The molecule has 2 heteroatoms. The van der Waals surface area contributed by atoms with Gasteiger partial charge in [-0.05, 0) is 46.8 Å². The number of hydrogen-bond donors (Lipinski definition) is 0. The molecule has 0 aliphatic carbocycles. The van der Waals surface area contributed by atoms with Crippen molar-refractivity contribution in [3.8, 4) is 0 Å². The van der Waals surface area contributed by atoms with Crippen molar-refractivity contribution in [1.29, 1.82) is 0 Å². The third kappa shape index (κ3) is 1.54. The number of aryl methyl sites for hydroxylation is 1. The van der Waals surface area contributed by atoms with Crippen molar-refractivity contribution in [2.75, 3.05) is 0 Å². The van der Waals surface area contributed by atoms with Crippen molar-refractivity contribution >= 4 is 59.8 Å².